The van der Waals surface area contributed by atoms with E-state index in [1.165, 1.54) is 0 Å². The molecule has 1 fully saturated rings. The number of benzene rings is 1. The summed E-state index contributed by atoms with van der Waals surface area (Å²) in [6.45, 7) is 3.98. The molecule has 1 saturated carbocycles. The van der Waals surface area contributed by atoms with Gasteiger partial charge in [0.15, 0.2) is 0 Å². The number of carbonyl (C=O) groups is 1. The van der Waals surface area contributed by atoms with Crippen molar-refractivity contribution in [3.8, 4) is 0 Å². The van der Waals surface area contributed by atoms with Gasteiger partial charge in [-0.2, -0.15) is 0 Å². The second-order valence-electron chi connectivity index (χ2n) is 5.86. The van der Waals surface area contributed by atoms with E-state index in [4.69, 9.17) is 0 Å². The Morgan fingerprint density at radius 2 is 2.05 bits per heavy atom. The third-order valence-electron chi connectivity index (χ3n) is 4.40. The van der Waals surface area contributed by atoms with Crippen LogP contribution in [-0.4, -0.2) is 34.7 Å². The first-order chi connectivity index (χ1) is 9.36. The Balaban J connectivity index is 2.41. The molecule has 0 saturated heterocycles. The molecular formula is C16H21BO3. The first kappa shape index (κ1) is 15.0. The van der Waals surface area contributed by atoms with Crippen molar-refractivity contribution in [3.05, 3.63) is 34.9 Å². The van der Waals surface area contributed by atoms with Crippen molar-refractivity contribution in [3.63, 3.8) is 0 Å². The van der Waals surface area contributed by atoms with Crippen LogP contribution in [0.5, 0.6) is 0 Å². The molecule has 20 heavy (non-hydrogen) atoms. The van der Waals surface area contributed by atoms with E-state index in [1.54, 1.807) is 0 Å². The molecule has 2 atom stereocenters. The van der Waals surface area contributed by atoms with E-state index in [0.29, 0.717) is 18.3 Å². The predicted octanol–water partition coefficient (Wildman–Crippen LogP) is 1.73. The van der Waals surface area contributed by atoms with Crippen LogP contribution in [0.15, 0.2) is 18.2 Å². The monoisotopic (exact) mass is 272 g/mol. The molecule has 2 rings (SSSR count). The number of aryl methyl sites for hydroxylation is 2. The first-order valence-electron chi connectivity index (χ1n) is 7.08. The van der Waals surface area contributed by atoms with Gasteiger partial charge in [0.1, 0.15) is 0 Å². The zero-order chi connectivity index (χ0) is 14.9. The van der Waals surface area contributed by atoms with Crippen molar-refractivity contribution in [2.75, 3.05) is 0 Å². The number of hydrogen-bond acceptors (Lipinski definition) is 2. The van der Waals surface area contributed by atoms with Gasteiger partial charge in [0.2, 0.25) is 0 Å². The first-order valence-corrected chi connectivity index (χ1v) is 7.08. The Morgan fingerprint density at radius 3 is 2.65 bits per heavy atom. The van der Waals surface area contributed by atoms with Gasteiger partial charge in [0.05, 0.1) is 0 Å². The summed E-state index contributed by atoms with van der Waals surface area (Å²) in [4.78, 5) is 11.4. The van der Waals surface area contributed by atoms with Crippen LogP contribution >= 0.6 is 0 Å². The van der Waals surface area contributed by atoms with Crippen LogP contribution in [0.1, 0.15) is 42.4 Å². The molecule has 3 nitrogen and oxygen atoms in total. The molecule has 1 aromatic rings. The molecule has 1 aromatic carbocycles. The van der Waals surface area contributed by atoms with Crippen LogP contribution in [0.25, 0.3) is 0 Å². The van der Waals surface area contributed by atoms with E-state index in [9.17, 15) is 15.0 Å². The van der Waals surface area contributed by atoms with Crippen molar-refractivity contribution in [2.24, 2.45) is 5.92 Å². The summed E-state index contributed by atoms with van der Waals surface area (Å²) < 4.78 is 0. The molecule has 0 bridgehead atoms. The summed E-state index contributed by atoms with van der Waals surface area (Å²) in [7, 11) is 4.03. The van der Waals surface area contributed by atoms with E-state index in [0.717, 1.165) is 29.5 Å². The topological polar surface area (TPSA) is 57.5 Å². The summed E-state index contributed by atoms with van der Waals surface area (Å²) in [6, 6.07) is 5.93. The zero-order valence-electron chi connectivity index (χ0n) is 12.1. The quantitative estimate of drug-likeness (QED) is 0.824. The minimum absolute atomic E-state index is 0.468. The molecule has 2 unspecified atom stereocenters. The van der Waals surface area contributed by atoms with Gasteiger partial charge in [0, 0.05) is 0 Å². The Hall–Kier alpha value is -1.42. The molecule has 0 radical (unpaired) electrons. The average Bonchev–Trinajstić information content (AvgIpc) is 2.38. The fourth-order valence-electron chi connectivity index (χ4n) is 3.23. The van der Waals surface area contributed by atoms with E-state index in [2.05, 4.69) is 7.49 Å². The number of aliphatic carboxylic acids is 1. The number of rotatable bonds is 3. The second-order valence-corrected chi connectivity index (χ2v) is 5.86. The maximum absolute atomic E-state index is 11.4. The third kappa shape index (κ3) is 2.57. The molecule has 1 aliphatic carbocycles. The van der Waals surface area contributed by atoms with E-state index >= 15 is 0 Å². The van der Waals surface area contributed by atoms with Crippen molar-refractivity contribution < 1.29 is 15.0 Å². The van der Waals surface area contributed by atoms with Gasteiger partial charge in [-0.05, 0) is 0 Å². The van der Waals surface area contributed by atoms with Crippen molar-refractivity contribution >= 4 is 18.9 Å². The van der Waals surface area contributed by atoms with Gasteiger partial charge < -0.3 is 0 Å². The molecule has 4 heteroatoms. The summed E-state index contributed by atoms with van der Waals surface area (Å²) in [5.41, 5.74) is 2.25. The minimum atomic E-state index is -1.33. The molecule has 106 valence electrons. The Bertz CT molecular complexity index is 553. The van der Waals surface area contributed by atoms with Gasteiger partial charge in [-0.3, -0.25) is 0 Å². The summed E-state index contributed by atoms with van der Waals surface area (Å²) in [6.07, 6.45) is 2.66. The number of carboxylic acid groups (broad SMARTS) is 1. The second kappa shape index (κ2) is 5.53. The number of hydrogen-bond donors (Lipinski definition) is 2. The van der Waals surface area contributed by atoms with Gasteiger partial charge >= 0.3 is 120 Å². The Morgan fingerprint density at radius 1 is 1.35 bits per heavy atom. The predicted molar refractivity (Wildman–Crippen MR) is 81.7 cm³/mol. The molecule has 1 aliphatic rings. The SMILES string of the molecule is B=C(c1ccc(C)cc1C)C1(O)CCCCC1C(=O)O. The molecule has 0 amide bonds. The van der Waals surface area contributed by atoms with E-state index in [1.807, 2.05) is 32.0 Å². The van der Waals surface area contributed by atoms with Crippen molar-refractivity contribution in [1.82, 2.24) is 0 Å². The summed E-state index contributed by atoms with van der Waals surface area (Å²) >= 11 is 0. The van der Waals surface area contributed by atoms with Crippen LogP contribution in [0.2, 0.25) is 0 Å². The van der Waals surface area contributed by atoms with E-state index < -0.39 is 17.5 Å². The van der Waals surface area contributed by atoms with Crippen LogP contribution in [0.3, 0.4) is 0 Å². The Labute approximate surface area is 120 Å². The molecular weight excluding hydrogens is 251 g/mol. The van der Waals surface area contributed by atoms with Crippen LogP contribution in [0.4, 0.5) is 0 Å². The fraction of sp³-hybridized carbons (Fsp3) is 0.500. The molecule has 0 aromatic heterocycles. The third-order valence-corrected chi connectivity index (χ3v) is 4.40. The Kier molecular flexibility index (Phi) is 4.14. The van der Waals surface area contributed by atoms with Gasteiger partial charge in [-0.1, -0.05) is 0 Å². The van der Waals surface area contributed by atoms with E-state index in [-0.39, 0.29) is 0 Å². The standard InChI is InChI=1S/C16H21BO3/c1-10-6-7-12(11(2)9-10)14(17)16(20)8-4-3-5-13(16)15(18)19/h6-7,9,13,17,20H,3-5,8H2,1-2H3,(H,18,19). The number of carboxylic acids is 1. The van der Waals surface area contributed by atoms with Crippen LogP contribution in [-0.2, 0) is 4.79 Å². The maximum atomic E-state index is 11.4. The van der Waals surface area contributed by atoms with Gasteiger partial charge in [-0.15, -0.1) is 0 Å². The average molecular weight is 272 g/mol. The normalized spacial score (nSPS) is 26.2. The molecule has 0 heterocycles. The summed E-state index contributed by atoms with van der Waals surface area (Å²) in [5.74, 6) is -1.69. The fourth-order valence-corrected chi connectivity index (χ4v) is 3.23. The zero-order valence-corrected chi connectivity index (χ0v) is 12.1. The van der Waals surface area contributed by atoms with Gasteiger partial charge in [0.25, 0.3) is 0 Å². The molecule has 2 N–H and O–H groups in total. The summed E-state index contributed by atoms with van der Waals surface area (Å²) in [5, 5.41) is 20.3. The van der Waals surface area contributed by atoms with Crippen molar-refractivity contribution in [1.29, 1.82) is 0 Å². The number of aliphatic hydroxyl groups is 1. The van der Waals surface area contributed by atoms with Crippen LogP contribution in [0, 0.1) is 19.8 Å². The van der Waals surface area contributed by atoms with Gasteiger partial charge in [-0.25, -0.2) is 0 Å². The van der Waals surface area contributed by atoms with Crippen LogP contribution < -0.4 is 0 Å². The van der Waals surface area contributed by atoms with Crippen molar-refractivity contribution in [2.45, 2.75) is 45.1 Å². The molecule has 0 spiro atoms. The molecule has 0 aliphatic heterocycles.